The van der Waals surface area contributed by atoms with Gasteiger partial charge in [-0.05, 0) is 25.1 Å². The number of methoxy groups -OCH3 is 1. The summed E-state index contributed by atoms with van der Waals surface area (Å²) < 4.78 is 7.06. The van der Waals surface area contributed by atoms with Gasteiger partial charge in [-0.2, -0.15) is 9.50 Å². The summed E-state index contributed by atoms with van der Waals surface area (Å²) in [7, 11) is 1.62. The summed E-state index contributed by atoms with van der Waals surface area (Å²) >= 11 is 0. The summed E-state index contributed by atoms with van der Waals surface area (Å²) in [5.41, 5.74) is 3.68. The van der Waals surface area contributed by atoms with Gasteiger partial charge in [-0.1, -0.05) is 42.5 Å². The van der Waals surface area contributed by atoms with Gasteiger partial charge in [0.2, 0.25) is 5.95 Å². The SMILES string of the molecule is COc1ccccc1Nc1nccc(-c2nnc3nc(-c4ccccc4)nn3c2C)n1. The number of nitrogens with zero attached hydrogens (tertiary/aromatic N) is 7. The molecule has 31 heavy (non-hydrogen) atoms. The highest BCUT2D eigenvalue weighted by atomic mass is 16.5. The molecule has 0 unspecified atom stereocenters. The zero-order valence-corrected chi connectivity index (χ0v) is 16.9. The number of fused-ring (bicyclic) bond motifs is 1. The predicted molar refractivity (Wildman–Crippen MR) is 116 cm³/mol. The van der Waals surface area contributed by atoms with Gasteiger partial charge >= 0.3 is 0 Å². The second-order valence-electron chi connectivity index (χ2n) is 6.74. The second-order valence-corrected chi connectivity index (χ2v) is 6.74. The Morgan fingerprint density at radius 1 is 0.903 bits per heavy atom. The van der Waals surface area contributed by atoms with Crippen molar-refractivity contribution < 1.29 is 4.74 Å². The van der Waals surface area contributed by atoms with Gasteiger partial charge in [0.25, 0.3) is 5.78 Å². The van der Waals surface area contributed by atoms with E-state index in [4.69, 9.17) is 4.74 Å². The van der Waals surface area contributed by atoms with Gasteiger partial charge in [-0.15, -0.1) is 15.3 Å². The smallest absolute Gasteiger partial charge is 0.272 e. The molecular weight excluding hydrogens is 392 g/mol. The van der Waals surface area contributed by atoms with Crippen LogP contribution in [-0.4, -0.2) is 41.9 Å². The minimum atomic E-state index is 0.423. The lowest BCUT2D eigenvalue weighted by Crippen LogP contribution is -2.05. The lowest BCUT2D eigenvalue weighted by atomic mass is 10.2. The average Bonchev–Trinajstić information content (AvgIpc) is 3.26. The van der Waals surface area contributed by atoms with Crippen LogP contribution in [0.15, 0.2) is 66.9 Å². The summed E-state index contributed by atoms with van der Waals surface area (Å²) in [5, 5.41) is 16.4. The molecule has 5 rings (SSSR count). The molecule has 0 bridgehead atoms. The summed E-state index contributed by atoms with van der Waals surface area (Å²) in [6.45, 7) is 1.91. The van der Waals surface area contributed by atoms with E-state index in [1.165, 1.54) is 0 Å². The van der Waals surface area contributed by atoms with Crippen molar-refractivity contribution in [3.05, 3.63) is 72.6 Å². The lowest BCUT2D eigenvalue weighted by Gasteiger charge is -2.10. The number of para-hydroxylation sites is 2. The number of hydrogen-bond donors (Lipinski definition) is 1. The molecule has 0 aliphatic carbocycles. The van der Waals surface area contributed by atoms with Crippen molar-refractivity contribution in [2.75, 3.05) is 12.4 Å². The number of anilines is 2. The fourth-order valence-corrected chi connectivity index (χ4v) is 3.23. The van der Waals surface area contributed by atoms with E-state index in [1.807, 2.05) is 61.5 Å². The predicted octanol–water partition coefficient (Wildman–Crippen LogP) is 3.70. The minimum Gasteiger partial charge on any atom is -0.495 e. The first kappa shape index (κ1) is 18.6. The molecule has 2 aromatic carbocycles. The number of hydrogen-bond acceptors (Lipinski definition) is 8. The van der Waals surface area contributed by atoms with E-state index in [9.17, 15) is 0 Å². The number of ether oxygens (including phenoxy) is 1. The molecule has 1 N–H and O–H groups in total. The first-order valence-electron chi connectivity index (χ1n) is 9.62. The van der Waals surface area contributed by atoms with Crippen LogP contribution in [0, 0.1) is 6.92 Å². The monoisotopic (exact) mass is 410 g/mol. The minimum absolute atomic E-state index is 0.423. The van der Waals surface area contributed by atoms with Crippen LogP contribution in [0.25, 0.3) is 28.6 Å². The summed E-state index contributed by atoms with van der Waals surface area (Å²) in [5.74, 6) is 2.15. The number of nitrogens with one attached hydrogen (secondary N) is 1. The van der Waals surface area contributed by atoms with Gasteiger partial charge in [-0.3, -0.25) is 0 Å². The third-order valence-electron chi connectivity index (χ3n) is 4.77. The zero-order valence-electron chi connectivity index (χ0n) is 16.9. The number of rotatable bonds is 5. The Morgan fingerprint density at radius 3 is 2.55 bits per heavy atom. The van der Waals surface area contributed by atoms with Crippen LogP contribution in [0.3, 0.4) is 0 Å². The maximum atomic E-state index is 5.38. The van der Waals surface area contributed by atoms with Crippen molar-refractivity contribution in [2.45, 2.75) is 6.92 Å². The third kappa shape index (κ3) is 3.52. The number of benzene rings is 2. The van der Waals surface area contributed by atoms with Gasteiger partial charge in [0.1, 0.15) is 11.4 Å². The van der Waals surface area contributed by atoms with Crippen LogP contribution < -0.4 is 10.1 Å². The molecule has 9 heteroatoms. The van der Waals surface area contributed by atoms with Gasteiger partial charge in [-0.25, -0.2) is 9.97 Å². The normalized spacial score (nSPS) is 10.9. The summed E-state index contributed by atoms with van der Waals surface area (Å²) in [6, 6.07) is 19.1. The Labute approximate surface area is 177 Å². The Morgan fingerprint density at radius 2 is 1.71 bits per heavy atom. The number of aromatic nitrogens is 7. The molecule has 0 fully saturated rings. The maximum absolute atomic E-state index is 5.38. The van der Waals surface area contributed by atoms with Crippen molar-refractivity contribution >= 4 is 17.4 Å². The third-order valence-corrected chi connectivity index (χ3v) is 4.77. The van der Waals surface area contributed by atoms with Crippen molar-refractivity contribution in [3.8, 4) is 28.5 Å². The Balaban J connectivity index is 1.52. The Kier molecular flexibility index (Phi) is 4.68. The van der Waals surface area contributed by atoms with Crippen LogP contribution in [0.5, 0.6) is 5.75 Å². The molecular formula is C22H18N8O. The molecule has 9 nitrogen and oxygen atoms in total. The zero-order chi connectivity index (χ0) is 21.2. The topological polar surface area (TPSA) is 103 Å². The largest absolute Gasteiger partial charge is 0.495 e. The van der Waals surface area contributed by atoms with Crippen LogP contribution in [0.2, 0.25) is 0 Å². The molecule has 0 spiro atoms. The van der Waals surface area contributed by atoms with Crippen LogP contribution >= 0.6 is 0 Å². The van der Waals surface area contributed by atoms with Gasteiger partial charge < -0.3 is 10.1 Å². The highest BCUT2D eigenvalue weighted by Gasteiger charge is 2.15. The fraction of sp³-hybridized carbons (Fsp3) is 0.0909. The van der Waals surface area contributed by atoms with E-state index in [-0.39, 0.29) is 0 Å². The van der Waals surface area contributed by atoms with E-state index in [2.05, 4.69) is 35.6 Å². The maximum Gasteiger partial charge on any atom is 0.272 e. The molecule has 0 aliphatic heterocycles. The van der Waals surface area contributed by atoms with E-state index < -0.39 is 0 Å². The molecule has 0 radical (unpaired) electrons. The molecule has 0 saturated heterocycles. The van der Waals surface area contributed by atoms with E-state index in [0.717, 1.165) is 16.9 Å². The van der Waals surface area contributed by atoms with Crippen molar-refractivity contribution in [3.63, 3.8) is 0 Å². The van der Waals surface area contributed by atoms with Crippen molar-refractivity contribution in [1.82, 2.24) is 34.8 Å². The van der Waals surface area contributed by atoms with Crippen molar-refractivity contribution in [2.24, 2.45) is 0 Å². The van der Waals surface area contributed by atoms with E-state index in [1.54, 1.807) is 23.9 Å². The Hall–Kier alpha value is -4.40. The lowest BCUT2D eigenvalue weighted by molar-refractivity contribution is 0.417. The molecule has 152 valence electrons. The van der Waals surface area contributed by atoms with Crippen LogP contribution in [-0.2, 0) is 0 Å². The highest BCUT2D eigenvalue weighted by molar-refractivity contribution is 5.65. The fourth-order valence-electron chi connectivity index (χ4n) is 3.23. The molecule has 5 aromatic rings. The van der Waals surface area contributed by atoms with Gasteiger partial charge in [0.15, 0.2) is 5.82 Å². The Bertz CT molecular complexity index is 1370. The highest BCUT2D eigenvalue weighted by Crippen LogP contribution is 2.27. The number of aryl methyl sites for hydroxylation is 1. The summed E-state index contributed by atoms with van der Waals surface area (Å²) in [4.78, 5) is 13.4. The molecule has 0 saturated carbocycles. The second kappa shape index (κ2) is 7.79. The quantitative estimate of drug-likeness (QED) is 0.468. The molecule has 0 aliphatic rings. The molecule has 0 amide bonds. The average molecular weight is 410 g/mol. The van der Waals surface area contributed by atoms with Crippen molar-refractivity contribution in [1.29, 1.82) is 0 Å². The van der Waals surface area contributed by atoms with Crippen LogP contribution in [0.4, 0.5) is 11.6 Å². The van der Waals surface area contributed by atoms with E-state index >= 15 is 0 Å². The van der Waals surface area contributed by atoms with E-state index in [0.29, 0.717) is 34.7 Å². The van der Waals surface area contributed by atoms with Crippen LogP contribution in [0.1, 0.15) is 5.69 Å². The summed E-state index contributed by atoms with van der Waals surface area (Å²) in [6.07, 6.45) is 1.67. The molecule has 3 heterocycles. The first-order valence-corrected chi connectivity index (χ1v) is 9.62. The first-order chi connectivity index (χ1) is 15.2. The van der Waals surface area contributed by atoms with Gasteiger partial charge in [0.05, 0.1) is 24.2 Å². The molecule has 0 atom stereocenters. The standard InChI is InChI=1S/C22H18N8O/c1-14-19(27-28-22-26-20(29-30(14)22)15-8-4-3-5-9-15)17-12-13-23-21(25-17)24-16-10-6-7-11-18(16)31-2/h3-13H,1-2H3,(H,23,24,25). The van der Waals surface area contributed by atoms with Gasteiger partial charge in [0, 0.05) is 11.8 Å². The molecule has 3 aromatic heterocycles.